The molecule has 2 aromatic rings. The van der Waals surface area contributed by atoms with E-state index in [1.54, 1.807) is 24.3 Å². The van der Waals surface area contributed by atoms with Crippen molar-refractivity contribution in [3.63, 3.8) is 0 Å². The number of nitrogens with one attached hydrogen (secondary N) is 1. The fourth-order valence-electron chi connectivity index (χ4n) is 3.78. The first kappa shape index (κ1) is 23.7. The largest absolute Gasteiger partial charge is 0.451 e. The third-order valence-corrected chi connectivity index (χ3v) is 5.93. The standard InChI is InChI=1S/C25H28FN3O5/c1-17(34-25(32)22-16-33-22)23(30)27-11-10-18-2-4-19(5-3-18)24(31)29-14-12-28(13-15-29)21-8-6-20(26)7-9-21/h2-9,17,22H,10-16H2,1H3,(H,27,30)/t17-,22-/m0/s1. The van der Waals surface area contributed by atoms with Crippen LogP contribution in [-0.2, 0) is 25.5 Å². The molecule has 4 rings (SSSR count). The number of epoxide rings is 1. The van der Waals surface area contributed by atoms with Crippen LogP contribution in [0.4, 0.5) is 10.1 Å². The molecule has 1 N–H and O–H groups in total. The Morgan fingerprint density at radius 3 is 2.32 bits per heavy atom. The van der Waals surface area contributed by atoms with Gasteiger partial charge in [-0.15, -0.1) is 0 Å². The van der Waals surface area contributed by atoms with E-state index in [0.717, 1.165) is 11.3 Å². The Balaban J connectivity index is 1.20. The van der Waals surface area contributed by atoms with Crippen LogP contribution in [0.1, 0.15) is 22.8 Å². The first-order valence-electron chi connectivity index (χ1n) is 11.4. The summed E-state index contributed by atoms with van der Waals surface area (Å²) in [6, 6.07) is 13.7. The van der Waals surface area contributed by atoms with Crippen LogP contribution in [0.25, 0.3) is 0 Å². The number of benzene rings is 2. The van der Waals surface area contributed by atoms with Gasteiger partial charge >= 0.3 is 5.97 Å². The predicted molar refractivity (Wildman–Crippen MR) is 123 cm³/mol. The highest BCUT2D eigenvalue weighted by atomic mass is 19.1. The molecule has 0 aromatic heterocycles. The Bertz CT molecular complexity index is 1020. The molecule has 9 heteroatoms. The molecule has 2 fully saturated rings. The van der Waals surface area contributed by atoms with Crippen LogP contribution in [-0.4, -0.2) is 74.2 Å². The number of ether oxygens (including phenoxy) is 2. The molecule has 2 aliphatic rings. The van der Waals surface area contributed by atoms with Gasteiger partial charge in [0.2, 0.25) is 0 Å². The van der Waals surface area contributed by atoms with Gasteiger partial charge in [-0.2, -0.15) is 0 Å². The van der Waals surface area contributed by atoms with Crippen molar-refractivity contribution < 1.29 is 28.2 Å². The molecule has 2 amide bonds. The second kappa shape index (κ2) is 10.6. The number of carbonyl (C=O) groups excluding carboxylic acids is 3. The minimum atomic E-state index is -0.875. The van der Waals surface area contributed by atoms with Crippen LogP contribution in [0.3, 0.4) is 0 Å². The number of nitrogens with zero attached hydrogens (tertiary/aromatic N) is 2. The maximum Gasteiger partial charge on any atom is 0.338 e. The zero-order chi connectivity index (χ0) is 24.1. The van der Waals surface area contributed by atoms with Crippen molar-refractivity contribution in [3.05, 3.63) is 65.5 Å². The fraction of sp³-hybridized carbons (Fsp3) is 0.400. The molecule has 2 heterocycles. The number of hydrogen-bond acceptors (Lipinski definition) is 6. The smallest absolute Gasteiger partial charge is 0.338 e. The molecule has 0 bridgehead atoms. The molecule has 180 valence electrons. The summed E-state index contributed by atoms with van der Waals surface area (Å²) < 4.78 is 23.0. The second-order valence-electron chi connectivity index (χ2n) is 8.39. The van der Waals surface area contributed by atoms with Crippen molar-refractivity contribution in [1.82, 2.24) is 10.2 Å². The van der Waals surface area contributed by atoms with Gasteiger partial charge in [0.25, 0.3) is 11.8 Å². The van der Waals surface area contributed by atoms with E-state index >= 15 is 0 Å². The van der Waals surface area contributed by atoms with Gasteiger partial charge in [0, 0.05) is 44.0 Å². The van der Waals surface area contributed by atoms with Crippen molar-refractivity contribution >= 4 is 23.5 Å². The van der Waals surface area contributed by atoms with Gasteiger partial charge in [-0.3, -0.25) is 9.59 Å². The van der Waals surface area contributed by atoms with Crippen molar-refractivity contribution in [2.45, 2.75) is 25.6 Å². The minimum absolute atomic E-state index is 0.0195. The fourth-order valence-corrected chi connectivity index (χ4v) is 3.78. The molecular weight excluding hydrogens is 441 g/mol. The van der Waals surface area contributed by atoms with Crippen LogP contribution >= 0.6 is 0 Å². The summed E-state index contributed by atoms with van der Waals surface area (Å²) in [5, 5.41) is 2.75. The average molecular weight is 470 g/mol. The molecule has 0 spiro atoms. The number of esters is 1. The maximum absolute atomic E-state index is 13.1. The Hall–Kier alpha value is -3.46. The first-order valence-corrected chi connectivity index (χ1v) is 11.4. The highest BCUT2D eigenvalue weighted by Crippen LogP contribution is 2.18. The van der Waals surface area contributed by atoms with Crippen LogP contribution in [0.2, 0.25) is 0 Å². The van der Waals surface area contributed by atoms with Gasteiger partial charge < -0.3 is 24.6 Å². The summed E-state index contributed by atoms with van der Waals surface area (Å²) in [6.45, 7) is 4.83. The van der Waals surface area contributed by atoms with E-state index in [2.05, 4.69) is 10.2 Å². The molecule has 8 nitrogen and oxygen atoms in total. The van der Waals surface area contributed by atoms with E-state index in [9.17, 15) is 18.8 Å². The number of halogens is 1. The van der Waals surface area contributed by atoms with Crippen molar-refractivity contribution in [2.75, 3.05) is 44.2 Å². The highest BCUT2D eigenvalue weighted by Gasteiger charge is 2.35. The van der Waals surface area contributed by atoms with Crippen LogP contribution in [0, 0.1) is 5.82 Å². The van der Waals surface area contributed by atoms with E-state index in [4.69, 9.17) is 9.47 Å². The molecule has 2 atom stereocenters. The summed E-state index contributed by atoms with van der Waals surface area (Å²) in [4.78, 5) is 40.4. The van der Waals surface area contributed by atoms with Gasteiger partial charge in [-0.1, -0.05) is 12.1 Å². The SMILES string of the molecule is C[C@H](OC(=O)[C@@H]1CO1)C(=O)NCCc1ccc(C(=O)N2CCN(c3ccc(F)cc3)CC2)cc1. The average Bonchev–Trinajstić information content (AvgIpc) is 3.70. The first-order chi connectivity index (χ1) is 16.4. The molecule has 34 heavy (non-hydrogen) atoms. The van der Waals surface area contributed by atoms with Crippen molar-refractivity contribution in [1.29, 1.82) is 0 Å². The number of rotatable bonds is 8. The molecule has 0 aliphatic carbocycles. The zero-order valence-corrected chi connectivity index (χ0v) is 19.0. The molecule has 0 unspecified atom stereocenters. The van der Waals surface area contributed by atoms with Crippen LogP contribution < -0.4 is 10.2 Å². The van der Waals surface area contributed by atoms with Gasteiger partial charge in [0.15, 0.2) is 12.2 Å². The summed E-state index contributed by atoms with van der Waals surface area (Å²) in [7, 11) is 0. The van der Waals surface area contributed by atoms with Crippen LogP contribution in [0.15, 0.2) is 48.5 Å². The number of carbonyl (C=O) groups is 3. The molecule has 2 aliphatic heterocycles. The van der Waals surface area contributed by atoms with Gasteiger partial charge in [-0.05, 0) is 55.3 Å². The number of anilines is 1. The lowest BCUT2D eigenvalue weighted by Gasteiger charge is -2.36. The monoisotopic (exact) mass is 469 g/mol. The van der Waals surface area contributed by atoms with E-state index in [0.29, 0.717) is 51.3 Å². The number of hydrogen-bond donors (Lipinski definition) is 1. The quantitative estimate of drug-likeness (QED) is 0.468. The summed E-state index contributed by atoms with van der Waals surface area (Å²) in [6.07, 6.45) is -0.821. The van der Waals surface area contributed by atoms with Crippen molar-refractivity contribution in [2.24, 2.45) is 0 Å². The van der Waals surface area contributed by atoms with E-state index in [1.165, 1.54) is 19.1 Å². The second-order valence-corrected chi connectivity index (χ2v) is 8.39. The summed E-state index contributed by atoms with van der Waals surface area (Å²) >= 11 is 0. The normalized spacial score (nSPS) is 18.2. The summed E-state index contributed by atoms with van der Waals surface area (Å²) in [5.41, 5.74) is 2.55. The van der Waals surface area contributed by atoms with E-state index < -0.39 is 18.2 Å². The zero-order valence-electron chi connectivity index (χ0n) is 19.0. The van der Waals surface area contributed by atoms with Crippen LogP contribution in [0.5, 0.6) is 0 Å². The number of amides is 2. The predicted octanol–water partition coefficient (Wildman–Crippen LogP) is 1.78. The molecule has 2 aromatic carbocycles. The molecule has 0 saturated carbocycles. The van der Waals surface area contributed by atoms with Crippen molar-refractivity contribution in [3.8, 4) is 0 Å². The summed E-state index contributed by atoms with van der Waals surface area (Å²) in [5.74, 6) is -1.16. The van der Waals surface area contributed by atoms with E-state index in [1.807, 2.05) is 17.0 Å². The molecule has 0 radical (unpaired) electrons. The Morgan fingerprint density at radius 1 is 1.06 bits per heavy atom. The number of piperazine rings is 1. The lowest BCUT2D eigenvalue weighted by atomic mass is 10.1. The lowest BCUT2D eigenvalue weighted by molar-refractivity contribution is -0.155. The Labute approximate surface area is 197 Å². The topological polar surface area (TPSA) is 91.5 Å². The Morgan fingerprint density at radius 2 is 1.71 bits per heavy atom. The van der Waals surface area contributed by atoms with Gasteiger partial charge in [0.05, 0.1) is 6.61 Å². The van der Waals surface area contributed by atoms with Gasteiger partial charge in [0.1, 0.15) is 5.82 Å². The molecule has 2 saturated heterocycles. The van der Waals surface area contributed by atoms with Gasteiger partial charge in [-0.25, -0.2) is 9.18 Å². The van der Waals surface area contributed by atoms with E-state index in [-0.39, 0.29) is 17.6 Å². The lowest BCUT2D eigenvalue weighted by Crippen LogP contribution is -2.48. The third-order valence-electron chi connectivity index (χ3n) is 5.93. The highest BCUT2D eigenvalue weighted by molar-refractivity contribution is 5.94. The molecular formula is C25H28FN3O5. The maximum atomic E-state index is 13.1. The third kappa shape index (κ3) is 6.11. The minimum Gasteiger partial charge on any atom is -0.451 e. The Kier molecular flexibility index (Phi) is 7.42.